The van der Waals surface area contributed by atoms with Crippen LogP contribution in [0.1, 0.15) is 36.4 Å². The number of aromatic nitrogens is 1. The van der Waals surface area contributed by atoms with Gasteiger partial charge in [-0.1, -0.05) is 6.07 Å². The minimum absolute atomic E-state index is 0.115. The van der Waals surface area contributed by atoms with Gasteiger partial charge >= 0.3 is 0 Å². The first-order chi connectivity index (χ1) is 9.59. The van der Waals surface area contributed by atoms with Crippen LogP contribution in [0.25, 0.3) is 0 Å². The van der Waals surface area contributed by atoms with Gasteiger partial charge < -0.3 is 0 Å². The van der Waals surface area contributed by atoms with Gasteiger partial charge in [-0.2, -0.15) is 0 Å². The first kappa shape index (κ1) is 14.0. The highest BCUT2D eigenvalue weighted by Gasteiger charge is 2.35. The summed E-state index contributed by atoms with van der Waals surface area (Å²) in [5.41, 5.74) is 5.34. The maximum Gasteiger partial charge on any atom is 0.150 e. The van der Waals surface area contributed by atoms with Crippen molar-refractivity contribution in [2.24, 2.45) is 11.8 Å². The molecule has 2 heterocycles. The highest BCUT2D eigenvalue weighted by molar-refractivity contribution is 7.91. The van der Waals surface area contributed by atoms with Crippen LogP contribution < -0.4 is 11.3 Å². The number of nitrogens with one attached hydrogen (secondary N) is 1. The molecule has 0 radical (unpaired) electrons. The van der Waals surface area contributed by atoms with E-state index < -0.39 is 9.84 Å². The molecule has 3 rings (SSSR count). The van der Waals surface area contributed by atoms with Gasteiger partial charge in [0.1, 0.15) is 0 Å². The highest BCUT2D eigenvalue weighted by atomic mass is 32.2. The van der Waals surface area contributed by atoms with E-state index in [0.717, 1.165) is 31.4 Å². The van der Waals surface area contributed by atoms with Gasteiger partial charge in [-0.15, -0.1) is 0 Å². The minimum atomic E-state index is -2.82. The zero-order valence-electron chi connectivity index (χ0n) is 11.5. The molecule has 1 saturated heterocycles. The molecule has 1 aromatic rings. The summed E-state index contributed by atoms with van der Waals surface area (Å²) >= 11 is 0. The lowest BCUT2D eigenvalue weighted by Crippen LogP contribution is -2.41. The molecule has 0 aromatic carbocycles. The van der Waals surface area contributed by atoms with Crippen LogP contribution in [0.4, 0.5) is 0 Å². The van der Waals surface area contributed by atoms with Crippen LogP contribution in [0.5, 0.6) is 0 Å². The second-order valence-corrected chi connectivity index (χ2v) is 8.20. The van der Waals surface area contributed by atoms with E-state index in [-0.39, 0.29) is 12.0 Å². The zero-order chi connectivity index (χ0) is 14.2. The number of aryl methyl sites for hydroxylation is 1. The van der Waals surface area contributed by atoms with Crippen LogP contribution in [-0.2, 0) is 16.3 Å². The lowest BCUT2D eigenvalue weighted by molar-refractivity contribution is 0.354. The molecule has 20 heavy (non-hydrogen) atoms. The largest absolute Gasteiger partial charge is 0.271 e. The average molecular weight is 295 g/mol. The van der Waals surface area contributed by atoms with Crippen LogP contribution in [0.15, 0.2) is 18.3 Å². The molecule has 5 nitrogen and oxygen atoms in total. The summed E-state index contributed by atoms with van der Waals surface area (Å²) in [5, 5.41) is 0. The number of hydrogen-bond acceptors (Lipinski definition) is 5. The van der Waals surface area contributed by atoms with Gasteiger partial charge in [0.2, 0.25) is 0 Å². The number of nitrogens with zero attached hydrogens (tertiary/aromatic N) is 1. The Labute approximate surface area is 119 Å². The normalized spacial score (nSPS) is 29.2. The van der Waals surface area contributed by atoms with Crippen molar-refractivity contribution < 1.29 is 8.42 Å². The van der Waals surface area contributed by atoms with Crippen LogP contribution in [-0.4, -0.2) is 30.9 Å². The van der Waals surface area contributed by atoms with Crippen LogP contribution >= 0.6 is 0 Å². The standard InChI is InChI=1S/C14H21N3O2S/c15-17-13(8-10-5-7-20(18,19)9-10)12-4-3-11-2-1-6-16-14(11)12/h1-2,6,10,12-13,17H,3-5,7-9,15H2. The smallest absolute Gasteiger partial charge is 0.150 e. The summed E-state index contributed by atoms with van der Waals surface area (Å²) in [4.78, 5) is 4.50. The third-order valence-corrected chi connectivity index (χ3v) is 6.45. The number of pyridine rings is 1. The van der Waals surface area contributed by atoms with E-state index >= 15 is 0 Å². The Bertz CT molecular complexity index is 588. The molecule has 1 aliphatic carbocycles. The molecule has 0 spiro atoms. The Balaban J connectivity index is 1.72. The molecule has 110 valence electrons. The molecule has 0 saturated carbocycles. The number of nitrogens with two attached hydrogens (primary N) is 1. The van der Waals surface area contributed by atoms with E-state index in [4.69, 9.17) is 5.84 Å². The van der Waals surface area contributed by atoms with Crippen LogP contribution in [0.2, 0.25) is 0 Å². The molecule has 1 aromatic heterocycles. The highest BCUT2D eigenvalue weighted by Crippen LogP contribution is 2.36. The third kappa shape index (κ3) is 2.73. The Kier molecular flexibility index (Phi) is 3.79. The van der Waals surface area contributed by atoms with E-state index in [9.17, 15) is 8.42 Å². The summed E-state index contributed by atoms with van der Waals surface area (Å²) < 4.78 is 23.1. The SMILES string of the molecule is NNC(CC1CCS(=O)(=O)C1)C1CCc2cccnc21. The summed E-state index contributed by atoms with van der Waals surface area (Å²) in [6.07, 6.45) is 5.49. The molecular weight excluding hydrogens is 274 g/mol. The lowest BCUT2D eigenvalue weighted by Gasteiger charge is -2.25. The summed E-state index contributed by atoms with van der Waals surface area (Å²) in [5.74, 6) is 6.90. The number of fused-ring (bicyclic) bond motifs is 1. The molecular formula is C14H21N3O2S. The van der Waals surface area contributed by atoms with E-state index in [2.05, 4.69) is 16.5 Å². The molecule has 6 heteroatoms. The van der Waals surface area contributed by atoms with Gasteiger partial charge in [0.05, 0.1) is 11.5 Å². The van der Waals surface area contributed by atoms with Gasteiger partial charge in [-0.25, -0.2) is 8.42 Å². The van der Waals surface area contributed by atoms with Crippen molar-refractivity contribution in [2.75, 3.05) is 11.5 Å². The first-order valence-electron chi connectivity index (χ1n) is 7.19. The molecule has 0 bridgehead atoms. The fraction of sp³-hybridized carbons (Fsp3) is 0.643. The predicted octanol–water partition coefficient (Wildman–Crippen LogP) is 0.768. The molecule has 1 fully saturated rings. The number of rotatable bonds is 4. The second kappa shape index (κ2) is 5.42. The molecule has 0 amide bonds. The summed E-state index contributed by atoms with van der Waals surface area (Å²) in [7, 11) is -2.82. The minimum Gasteiger partial charge on any atom is -0.271 e. The maximum absolute atomic E-state index is 11.6. The fourth-order valence-corrected chi connectivity index (χ4v) is 5.48. The fourth-order valence-electron chi connectivity index (χ4n) is 3.60. The van der Waals surface area contributed by atoms with E-state index in [1.54, 1.807) is 0 Å². The summed E-state index contributed by atoms with van der Waals surface area (Å²) in [6, 6.07) is 4.20. The van der Waals surface area contributed by atoms with Gasteiger partial charge in [0.25, 0.3) is 0 Å². The molecule has 3 unspecified atom stereocenters. The molecule has 1 aliphatic heterocycles. The van der Waals surface area contributed by atoms with Gasteiger partial charge in [0.15, 0.2) is 9.84 Å². The zero-order valence-corrected chi connectivity index (χ0v) is 12.3. The molecule has 2 aliphatic rings. The maximum atomic E-state index is 11.6. The molecule has 3 atom stereocenters. The lowest BCUT2D eigenvalue weighted by atomic mass is 9.89. The number of hydrogen-bond donors (Lipinski definition) is 2. The van der Waals surface area contributed by atoms with Crippen LogP contribution in [0.3, 0.4) is 0 Å². The topological polar surface area (TPSA) is 85.1 Å². The average Bonchev–Trinajstić information content (AvgIpc) is 2.99. The van der Waals surface area contributed by atoms with E-state index in [0.29, 0.717) is 17.4 Å². The van der Waals surface area contributed by atoms with Gasteiger partial charge in [0, 0.05) is 23.9 Å². The Morgan fingerprint density at radius 3 is 3.00 bits per heavy atom. The van der Waals surface area contributed by atoms with Crippen molar-refractivity contribution >= 4 is 9.84 Å². The van der Waals surface area contributed by atoms with E-state index in [1.165, 1.54) is 5.56 Å². The van der Waals surface area contributed by atoms with E-state index in [1.807, 2.05) is 12.3 Å². The summed E-state index contributed by atoms with van der Waals surface area (Å²) in [6.45, 7) is 0. The number of hydrazine groups is 1. The van der Waals surface area contributed by atoms with Crippen molar-refractivity contribution in [3.05, 3.63) is 29.6 Å². The van der Waals surface area contributed by atoms with Crippen LogP contribution in [0, 0.1) is 5.92 Å². The quantitative estimate of drug-likeness (QED) is 0.633. The first-order valence-corrected chi connectivity index (χ1v) is 9.01. The third-order valence-electron chi connectivity index (χ3n) is 4.62. The predicted molar refractivity (Wildman–Crippen MR) is 77.8 cm³/mol. The van der Waals surface area contributed by atoms with Gasteiger partial charge in [-0.05, 0) is 43.2 Å². The monoisotopic (exact) mass is 295 g/mol. The Morgan fingerprint density at radius 2 is 2.30 bits per heavy atom. The van der Waals surface area contributed by atoms with Crippen molar-refractivity contribution in [1.29, 1.82) is 0 Å². The Morgan fingerprint density at radius 1 is 1.45 bits per heavy atom. The Hall–Kier alpha value is -0.980. The van der Waals surface area contributed by atoms with Crippen molar-refractivity contribution in [3.8, 4) is 0 Å². The van der Waals surface area contributed by atoms with Gasteiger partial charge in [-0.3, -0.25) is 16.3 Å². The van der Waals surface area contributed by atoms with Crippen molar-refractivity contribution in [2.45, 2.75) is 37.6 Å². The van der Waals surface area contributed by atoms with Crippen molar-refractivity contribution in [1.82, 2.24) is 10.4 Å². The molecule has 3 N–H and O–H groups in total. The second-order valence-electron chi connectivity index (χ2n) is 5.97. The van der Waals surface area contributed by atoms with Crippen molar-refractivity contribution in [3.63, 3.8) is 0 Å². The number of sulfone groups is 1.